The van der Waals surface area contributed by atoms with Gasteiger partial charge in [0.25, 0.3) is 0 Å². The summed E-state index contributed by atoms with van der Waals surface area (Å²) >= 11 is 0. The second-order valence-electron chi connectivity index (χ2n) is 12.1. The van der Waals surface area contributed by atoms with Gasteiger partial charge in [0.2, 0.25) is 0 Å². The topological polar surface area (TPSA) is 110 Å². The van der Waals surface area contributed by atoms with Gasteiger partial charge in [-0.2, -0.15) is 0 Å². The number of nitrogens with zero attached hydrogens (tertiary/aromatic N) is 2. The zero-order valence-corrected chi connectivity index (χ0v) is 25.2. The number of β-amino-alcohol motifs (C(OH)–C–C–N with tert-alkyl or cyclic N) is 1. The molecule has 3 atom stereocenters. The smallest absolute Gasteiger partial charge is 0.410 e. The number of carbonyl (C=O) groups excluding carboxylic acids is 2. The lowest BCUT2D eigenvalue weighted by Crippen LogP contribution is -2.36. The molecule has 0 bridgehead atoms. The molecule has 2 N–H and O–H groups in total. The Hall–Kier alpha value is -1.62. The first kappa shape index (κ1) is 34.4. The van der Waals surface area contributed by atoms with E-state index in [1.54, 1.807) is 4.90 Å². The van der Waals surface area contributed by atoms with Crippen LogP contribution in [0.4, 0.5) is 9.59 Å². The number of hydrogen-bond acceptors (Lipinski definition) is 8. The van der Waals surface area contributed by atoms with Gasteiger partial charge < -0.3 is 39.2 Å². The summed E-state index contributed by atoms with van der Waals surface area (Å²) in [6.45, 7) is 21.6. The molecule has 3 rings (SSSR count). The van der Waals surface area contributed by atoms with Crippen molar-refractivity contribution in [2.24, 2.45) is 0 Å². The number of ether oxygens (including phenoxy) is 4. The Bertz CT molecular complexity index is 672. The van der Waals surface area contributed by atoms with Gasteiger partial charge in [0.05, 0.1) is 24.9 Å². The van der Waals surface area contributed by atoms with E-state index in [0.717, 1.165) is 52.1 Å². The van der Waals surface area contributed by atoms with Crippen LogP contribution < -0.4 is 5.32 Å². The van der Waals surface area contributed by atoms with Crippen molar-refractivity contribution in [3.8, 4) is 0 Å². The molecule has 10 nitrogen and oxygen atoms in total. The van der Waals surface area contributed by atoms with Gasteiger partial charge in [-0.25, -0.2) is 9.59 Å². The van der Waals surface area contributed by atoms with E-state index in [2.05, 4.69) is 19.2 Å². The molecule has 0 aliphatic carbocycles. The maximum absolute atomic E-state index is 11.7. The van der Waals surface area contributed by atoms with E-state index >= 15 is 0 Å². The van der Waals surface area contributed by atoms with E-state index in [1.165, 1.54) is 11.3 Å². The minimum atomic E-state index is -0.454. The molecule has 10 heteroatoms. The normalized spacial score (nSPS) is 23.3. The Balaban J connectivity index is 0.000000296. The van der Waals surface area contributed by atoms with Crippen LogP contribution in [0.5, 0.6) is 0 Å². The molecule has 2 amide bonds. The number of aliphatic hydroxyl groups excluding tert-OH is 1. The number of nitrogens with one attached hydrogen (secondary N) is 1. The van der Waals surface area contributed by atoms with Gasteiger partial charge in [-0.05, 0) is 80.2 Å². The number of rotatable bonds is 6. The van der Waals surface area contributed by atoms with E-state index < -0.39 is 11.2 Å². The van der Waals surface area contributed by atoms with Crippen molar-refractivity contribution in [1.82, 2.24) is 15.1 Å². The minimum Gasteiger partial charge on any atom is -0.444 e. The van der Waals surface area contributed by atoms with Gasteiger partial charge in [-0.1, -0.05) is 13.8 Å². The predicted octanol–water partition coefficient (Wildman–Crippen LogP) is 4.19. The lowest BCUT2D eigenvalue weighted by Gasteiger charge is -2.24. The van der Waals surface area contributed by atoms with Crippen LogP contribution in [0.15, 0.2) is 0 Å². The Morgan fingerprint density at radius 3 is 1.71 bits per heavy atom. The number of aliphatic hydroxyl groups is 1. The van der Waals surface area contributed by atoms with Crippen LogP contribution in [-0.2, 0) is 18.9 Å². The molecule has 3 heterocycles. The van der Waals surface area contributed by atoms with Crippen LogP contribution in [0.1, 0.15) is 87.5 Å². The molecule has 0 aromatic carbocycles. The maximum Gasteiger partial charge on any atom is 0.410 e. The third-order valence-corrected chi connectivity index (χ3v) is 5.74. The second-order valence-corrected chi connectivity index (χ2v) is 12.1. The van der Waals surface area contributed by atoms with Crippen molar-refractivity contribution < 1.29 is 33.6 Å². The second kappa shape index (κ2) is 17.2. The molecule has 3 aliphatic rings. The molecule has 38 heavy (non-hydrogen) atoms. The van der Waals surface area contributed by atoms with Crippen LogP contribution in [-0.4, -0.2) is 109 Å². The van der Waals surface area contributed by atoms with E-state index in [4.69, 9.17) is 18.9 Å². The summed E-state index contributed by atoms with van der Waals surface area (Å²) in [7, 11) is 0. The molecule has 0 spiro atoms. The minimum absolute atomic E-state index is 0.187. The van der Waals surface area contributed by atoms with E-state index in [9.17, 15) is 14.7 Å². The Morgan fingerprint density at radius 1 is 0.789 bits per heavy atom. The quantitative estimate of drug-likeness (QED) is 0.512. The summed E-state index contributed by atoms with van der Waals surface area (Å²) in [5, 5.41) is 12.5. The van der Waals surface area contributed by atoms with Crippen molar-refractivity contribution >= 4 is 12.2 Å². The van der Waals surface area contributed by atoms with E-state index in [-0.39, 0.29) is 24.4 Å². The third kappa shape index (κ3) is 15.7. The first-order valence-electron chi connectivity index (χ1n) is 14.3. The molecule has 0 unspecified atom stereocenters. The fraction of sp³-hybridized carbons (Fsp3) is 0.929. The lowest BCUT2D eigenvalue weighted by atomic mass is 10.2. The molecule has 0 aromatic heterocycles. The van der Waals surface area contributed by atoms with Crippen molar-refractivity contribution in [1.29, 1.82) is 0 Å². The molecule has 3 saturated heterocycles. The Labute approximate surface area is 230 Å². The van der Waals surface area contributed by atoms with Crippen LogP contribution >= 0.6 is 0 Å². The molecular weight excluding hydrogens is 490 g/mol. The number of carbonyl (C=O) groups is 2. The van der Waals surface area contributed by atoms with Crippen LogP contribution in [0.3, 0.4) is 0 Å². The van der Waals surface area contributed by atoms with Gasteiger partial charge in [-0.3, -0.25) is 0 Å². The summed E-state index contributed by atoms with van der Waals surface area (Å²) in [5.41, 5.74) is -0.871. The third-order valence-electron chi connectivity index (χ3n) is 5.74. The molecule has 224 valence electrons. The molecular formula is C28H55N3O7. The highest BCUT2D eigenvalue weighted by atomic mass is 16.6. The van der Waals surface area contributed by atoms with Gasteiger partial charge in [-0.15, -0.1) is 0 Å². The first-order valence-corrected chi connectivity index (χ1v) is 14.3. The Morgan fingerprint density at radius 2 is 1.29 bits per heavy atom. The van der Waals surface area contributed by atoms with Gasteiger partial charge in [0.1, 0.15) is 11.2 Å². The van der Waals surface area contributed by atoms with Crippen molar-refractivity contribution in [3.63, 3.8) is 0 Å². The largest absolute Gasteiger partial charge is 0.444 e. The van der Waals surface area contributed by atoms with E-state index in [1.807, 2.05) is 41.5 Å². The maximum atomic E-state index is 11.7. The highest BCUT2D eigenvalue weighted by molar-refractivity contribution is 5.69. The highest BCUT2D eigenvalue weighted by Gasteiger charge is 2.30. The molecule has 0 aromatic rings. The summed E-state index contributed by atoms with van der Waals surface area (Å²) in [4.78, 5) is 26.4. The fourth-order valence-electron chi connectivity index (χ4n) is 3.93. The monoisotopic (exact) mass is 545 g/mol. The average Bonchev–Trinajstić information content (AvgIpc) is 3.57. The molecule has 3 fully saturated rings. The lowest BCUT2D eigenvalue weighted by molar-refractivity contribution is 0.0210. The zero-order chi connectivity index (χ0) is 28.8. The van der Waals surface area contributed by atoms with Gasteiger partial charge in [0, 0.05) is 39.4 Å². The van der Waals surface area contributed by atoms with Crippen LogP contribution in [0, 0.1) is 0 Å². The summed E-state index contributed by atoms with van der Waals surface area (Å²) in [5.74, 6) is 0. The zero-order valence-electron chi connectivity index (χ0n) is 25.2. The number of hydrogen-bond donors (Lipinski definition) is 2. The standard InChI is InChI=1S/C12H23NO3.C9H17NO3.C7H15NO/c1-5-8-15-10-6-7-13(9-10)11(14)16-12(2,3)4;1-9(2,3)13-8(12)10-5-4-7(11)6-10;1-2-5-9-7-3-4-8-6-7/h10H,5-9H2,1-4H3;7,11H,4-6H2,1-3H3;7-8H,2-6H2,1H3/t10-;2*7-/m111/s1. The number of amides is 2. The predicted molar refractivity (Wildman–Crippen MR) is 148 cm³/mol. The Kier molecular flexibility index (Phi) is 15.5. The van der Waals surface area contributed by atoms with E-state index in [0.29, 0.717) is 32.2 Å². The van der Waals surface area contributed by atoms with Crippen molar-refractivity contribution in [2.75, 3.05) is 52.5 Å². The highest BCUT2D eigenvalue weighted by Crippen LogP contribution is 2.17. The fourth-order valence-corrected chi connectivity index (χ4v) is 3.93. The average molecular weight is 546 g/mol. The molecule has 3 aliphatic heterocycles. The van der Waals surface area contributed by atoms with Crippen LogP contribution in [0.25, 0.3) is 0 Å². The van der Waals surface area contributed by atoms with Crippen molar-refractivity contribution in [2.45, 2.75) is 117 Å². The summed E-state index contributed by atoms with van der Waals surface area (Å²) in [6, 6.07) is 0. The van der Waals surface area contributed by atoms with Crippen molar-refractivity contribution in [3.05, 3.63) is 0 Å². The summed E-state index contributed by atoms with van der Waals surface area (Å²) in [6.07, 6.45) is 4.67. The van der Waals surface area contributed by atoms with Crippen LogP contribution in [0.2, 0.25) is 0 Å². The number of likely N-dealkylation sites (tertiary alicyclic amines) is 2. The SMILES string of the molecule is CC(C)(C)OC(=O)N1CC[C@@H](O)C1.CCCO[C@@H]1CCN(C(=O)OC(C)(C)C)C1.CCCO[C@@H]1CCNC1. The molecule has 0 saturated carbocycles. The van der Waals surface area contributed by atoms with Gasteiger partial charge in [0.15, 0.2) is 0 Å². The first-order chi connectivity index (χ1) is 17.7. The van der Waals surface area contributed by atoms with Gasteiger partial charge >= 0.3 is 12.2 Å². The summed E-state index contributed by atoms with van der Waals surface area (Å²) < 4.78 is 21.6. The molecule has 0 radical (unpaired) electrons.